The Bertz CT molecular complexity index is 847. The van der Waals surface area contributed by atoms with Crippen molar-refractivity contribution in [1.82, 2.24) is 9.97 Å². The summed E-state index contributed by atoms with van der Waals surface area (Å²) in [7, 11) is 0. The number of nitrogens with one attached hydrogen (secondary N) is 2. The lowest BCUT2D eigenvalue weighted by Gasteiger charge is -2.12. The van der Waals surface area contributed by atoms with Gasteiger partial charge in [-0.25, -0.2) is 0 Å². The van der Waals surface area contributed by atoms with Crippen LogP contribution in [0.25, 0.3) is 0 Å². The van der Waals surface area contributed by atoms with Crippen LogP contribution >= 0.6 is 0 Å². The van der Waals surface area contributed by atoms with E-state index in [4.69, 9.17) is 5.73 Å². The first-order valence-corrected chi connectivity index (χ1v) is 9.24. The molecule has 0 aliphatic rings. The lowest BCUT2D eigenvalue weighted by Crippen LogP contribution is -2.04. The van der Waals surface area contributed by atoms with Crippen molar-refractivity contribution in [3.05, 3.63) is 64.7 Å². The van der Waals surface area contributed by atoms with Gasteiger partial charge in [-0.1, -0.05) is 26.0 Å². The van der Waals surface area contributed by atoms with Crippen molar-refractivity contribution in [3.63, 3.8) is 0 Å². The number of hydrogen-bond acceptors (Lipinski definition) is 5. The zero-order valence-electron chi connectivity index (χ0n) is 17.0. The summed E-state index contributed by atoms with van der Waals surface area (Å²) >= 11 is 0. The Morgan fingerprint density at radius 3 is 1.41 bits per heavy atom. The molecule has 5 nitrogen and oxygen atoms in total. The molecule has 4 N–H and O–H groups in total. The number of nitrogens with zero attached hydrogens (tertiary/aromatic N) is 2. The summed E-state index contributed by atoms with van der Waals surface area (Å²) in [6.07, 6.45) is 0. The number of nitrogen functional groups attached to an aromatic ring is 1. The Labute approximate surface area is 162 Å². The monoisotopic (exact) mass is 363 g/mol. The minimum absolute atomic E-state index is 0.222. The highest BCUT2D eigenvalue weighted by molar-refractivity contribution is 5.65. The van der Waals surface area contributed by atoms with Gasteiger partial charge in [-0.05, 0) is 74.2 Å². The van der Waals surface area contributed by atoms with Gasteiger partial charge in [0.2, 0.25) is 5.95 Å². The fraction of sp³-hybridized carbons (Fsp3) is 0.273. The van der Waals surface area contributed by atoms with Crippen molar-refractivity contribution >= 4 is 29.0 Å². The molecule has 0 spiro atoms. The quantitative estimate of drug-likeness (QED) is 0.545. The summed E-state index contributed by atoms with van der Waals surface area (Å²) in [5.74, 6) is 1.53. The van der Waals surface area contributed by atoms with Gasteiger partial charge in [0.05, 0.1) is 0 Å². The third kappa shape index (κ3) is 5.45. The van der Waals surface area contributed by atoms with E-state index in [2.05, 4.69) is 72.6 Å². The first-order chi connectivity index (χ1) is 12.9. The Morgan fingerprint density at radius 1 is 0.630 bits per heavy atom. The van der Waals surface area contributed by atoms with Crippen molar-refractivity contribution in [3.8, 4) is 0 Å². The van der Waals surface area contributed by atoms with Gasteiger partial charge in [0.25, 0.3) is 0 Å². The molecule has 0 atom stereocenters. The minimum Gasteiger partial charge on any atom is -0.368 e. The standard InChI is InChI=1S/C20H23N5.C2H6/c1-12-5-7-16(9-14(12)3)22-18-11-19(25-20(21)24-18)23-17-8-6-13(2)15(4)10-17;1-2/h5-11H,1-4H3,(H4,21,22,23,24,25);1-2H3. The van der Waals surface area contributed by atoms with Crippen LogP contribution in [0.15, 0.2) is 42.5 Å². The van der Waals surface area contributed by atoms with E-state index in [1.807, 2.05) is 32.0 Å². The lowest BCUT2D eigenvalue weighted by molar-refractivity contribution is 1.18. The number of anilines is 5. The molecular formula is C22H29N5. The molecule has 0 aliphatic carbocycles. The van der Waals surface area contributed by atoms with E-state index in [0.29, 0.717) is 11.6 Å². The second-order valence-corrected chi connectivity index (χ2v) is 6.34. The maximum Gasteiger partial charge on any atom is 0.223 e. The van der Waals surface area contributed by atoms with Gasteiger partial charge < -0.3 is 16.4 Å². The van der Waals surface area contributed by atoms with Crippen LogP contribution in [0.3, 0.4) is 0 Å². The second-order valence-electron chi connectivity index (χ2n) is 6.34. The van der Waals surface area contributed by atoms with Crippen molar-refractivity contribution in [2.75, 3.05) is 16.4 Å². The minimum atomic E-state index is 0.222. The summed E-state index contributed by atoms with van der Waals surface area (Å²) in [6.45, 7) is 12.4. The van der Waals surface area contributed by atoms with Crippen molar-refractivity contribution < 1.29 is 0 Å². The summed E-state index contributed by atoms with van der Waals surface area (Å²) < 4.78 is 0. The van der Waals surface area contributed by atoms with Crippen LogP contribution in [0.1, 0.15) is 36.1 Å². The second kappa shape index (κ2) is 9.03. The Hall–Kier alpha value is -3.08. The van der Waals surface area contributed by atoms with E-state index in [0.717, 1.165) is 11.4 Å². The Balaban J connectivity index is 0.00000126. The fourth-order valence-corrected chi connectivity index (χ4v) is 2.53. The van der Waals surface area contributed by atoms with Crippen LogP contribution in [0, 0.1) is 27.7 Å². The van der Waals surface area contributed by atoms with Crippen LogP contribution in [-0.4, -0.2) is 9.97 Å². The van der Waals surface area contributed by atoms with Gasteiger partial charge in [-0.2, -0.15) is 9.97 Å². The normalized spacial score (nSPS) is 10.0. The molecule has 1 heterocycles. The molecule has 0 bridgehead atoms. The molecule has 0 unspecified atom stereocenters. The van der Waals surface area contributed by atoms with Crippen molar-refractivity contribution in [1.29, 1.82) is 0 Å². The molecule has 0 amide bonds. The zero-order chi connectivity index (χ0) is 20.0. The largest absolute Gasteiger partial charge is 0.368 e. The first-order valence-electron chi connectivity index (χ1n) is 9.24. The highest BCUT2D eigenvalue weighted by atomic mass is 15.1. The molecule has 5 heteroatoms. The van der Waals surface area contributed by atoms with Gasteiger partial charge in [-0.3, -0.25) is 0 Å². The van der Waals surface area contributed by atoms with Crippen LogP contribution in [-0.2, 0) is 0 Å². The van der Waals surface area contributed by atoms with Gasteiger partial charge in [0, 0.05) is 17.4 Å². The number of hydrogen-bond donors (Lipinski definition) is 3. The molecule has 3 rings (SSSR count). The zero-order valence-corrected chi connectivity index (χ0v) is 17.0. The molecule has 0 saturated carbocycles. The molecule has 0 saturated heterocycles. The molecule has 27 heavy (non-hydrogen) atoms. The lowest BCUT2D eigenvalue weighted by atomic mass is 10.1. The number of rotatable bonds is 4. The molecular weight excluding hydrogens is 334 g/mol. The molecule has 0 radical (unpaired) electrons. The highest BCUT2D eigenvalue weighted by Gasteiger charge is 2.05. The third-order valence-corrected chi connectivity index (χ3v) is 4.30. The molecule has 3 aromatic rings. The summed E-state index contributed by atoms with van der Waals surface area (Å²) in [5, 5.41) is 6.58. The van der Waals surface area contributed by atoms with E-state index < -0.39 is 0 Å². The molecule has 1 aromatic heterocycles. The first kappa shape index (κ1) is 20.2. The van der Waals surface area contributed by atoms with Crippen LogP contribution in [0.2, 0.25) is 0 Å². The van der Waals surface area contributed by atoms with Crippen LogP contribution in [0.5, 0.6) is 0 Å². The van der Waals surface area contributed by atoms with E-state index in [-0.39, 0.29) is 5.95 Å². The van der Waals surface area contributed by atoms with E-state index in [1.165, 1.54) is 22.3 Å². The molecule has 0 aliphatic heterocycles. The van der Waals surface area contributed by atoms with Gasteiger partial charge in [-0.15, -0.1) is 0 Å². The SMILES string of the molecule is CC.Cc1ccc(Nc2cc(Nc3ccc(C)c(C)c3)nc(N)n2)cc1C. The Morgan fingerprint density at radius 2 is 1.04 bits per heavy atom. The van der Waals surface area contributed by atoms with Crippen LogP contribution in [0.4, 0.5) is 29.0 Å². The molecule has 142 valence electrons. The maximum absolute atomic E-state index is 5.87. The number of aromatic nitrogens is 2. The Kier molecular flexibility index (Phi) is 6.77. The number of aryl methyl sites for hydroxylation is 4. The number of benzene rings is 2. The average Bonchev–Trinajstić information content (AvgIpc) is 2.63. The third-order valence-electron chi connectivity index (χ3n) is 4.30. The highest BCUT2D eigenvalue weighted by Crippen LogP contribution is 2.23. The topological polar surface area (TPSA) is 75.9 Å². The fourth-order valence-electron chi connectivity index (χ4n) is 2.53. The summed E-state index contributed by atoms with van der Waals surface area (Å²) in [5.41, 5.74) is 12.8. The van der Waals surface area contributed by atoms with E-state index in [1.54, 1.807) is 0 Å². The molecule has 2 aromatic carbocycles. The maximum atomic E-state index is 5.87. The smallest absolute Gasteiger partial charge is 0.223 e. The van der Waals surface area contributed by atoms with E-state index >= 15 is 0 Å². The molecule has 0 fully saturated rings. The van der Waals surface area contributed by atoms with Crippen LogP contribution < -0.4 is 16.4 Å². The number of nitrogens with two attached hydrogens (primary N) is 1. The van der Waals surface area contributed by atoms with Crippen molar-refractivity contribution in [2.24, 2.45) is 0 Å². The van der Waals surface area contributed by atoms with Crippen molar-refractivity contribution in [2.45, 2.75) is 41.5 Å². The van der Waals surface area contributed by atoms with Gasteiger partial charge in [0.15, 0.2) is 0 Å². The predicted octanol–water partition coefficient (Wildman–Crippen LogP) is 5.81. The summed E-state index contributed by atoms with van der Waals surface area (Å²) in [4.78, 5) is 8.54. The van der Waals surface area contributed by atoms with Gasteiger partial charge >= 0.3 is 0 Å². The average molecular weight is 364 g/mol. The van der Waals surface area contributed by atoms with Gasteiger partial charge in [0.1, 0.15) is 11.6 Å². The predicted molar refractivity (Wildman–Crippen MR) is 116 cm³/mol. The van der Waals surface area contributed by atoms with E-state index in [9.17, 15) is 0 Å². The summed E-state index contributed by atoms with van der Waals surface area (Å²) in [6, 6.07) is 14.2.